The highest BCUT2D eigenvalue weighted by atomic mass is 16.1. The van der Waals surface area contributed by atoms with Crippen LogP contribution in [0, 0.1) is 20.8 Å². The Balaban J connectivity index is 1.59. The van der Waals surface area contributed by atoms with E-state index in [1.165, 1.54) is 11.1 Å². The molecule has 0 aliphatic carbocycles. The van der Waals surface area contributed by atoms with E-state index in [2.05, 4.69) is 47.6 Å². The summed E-state index contributed by atoms with van der Waals surface area (Å²) in [6, 6.07) is 12.4. The van der Waals surface area contributed by atoms with Crippen molar-refractivity contribution in [2.24, 2.45) is 0 Å². The minimum absolute atomic E-state index is 0.0465. The van der Waals surface area contributed by atoms with E-state index in [0.717, 1.165) is 35.9 Å². The largest absolute Gasteiger partial charge is 0.309 e. The van der Waals surface area contributed by atoms with Gasteiger partial charge >= 0.3 is 0 Å². The predicted molar refractivity (Wildman–Crippen MR) is 105 cm³/mol. The number of hydrogen-bond donors (Lipinski definition) is 1. The van der Waals surface area contributed by atoms with E-state index in [0.29, 0.717) is 13.0 Å². The maximum atomic E-state index is 12.2. The van der Waals surface area contributed by atoms with Crippen LogP contribution in [-0.4, -0.2) is 25.5 Å². The van der Waals surface area contributed by atoms with E-state index in [1.54, 1.807) is 0 Å². The molecular formula is C21H25N5O. The first-order chi connectivity index (χ1) is 13.0. The van der Waals surface area contributed by atoms with Crippen molar-refractivity contribution in [1.29, 1.82) is 0 Å². The van der Waals surface area contributed by atoms with Gasteiger partial charge in [-0.3, -0.25) is 14.2 Å². The summed E-state index contributed by atoms with van der Waals surface area (Å²) >= 11 is 0. The van der Waals surface area contributed by atoms with Crippen LogP contribution in [0.25, 0.3) is 0 Å². The molecule has 0 saturated heterocycles. The molecule has 0 radical (unpaired) electrons. The van der Waals surface area contributed by atoms with Crippen molar-refractivity contribution >= 4 is 11.7 Å². The maximum absolute atomic E-state index is 12.2. The van der Waals surface area contributed by atoms with E-state index in [9.17, 15) is 4.79 Å². The van der Waals surface area contributed by atoms with Gasteiger partial charge in [-0.1, -0.05) is 30.3 Å². The average molecular weight is 363 g/mol. The summed E-state index contributed by atoms with van der Waals surface area (Å²) in [4.78, 5) is 12.2. The lowest BCUT2D eigenvalue weighted by atomic mass is 9.89. The molecule has 1 aliphatic heterocycles. The molecule has 6 heteroatoms. The van der Waals surface area contributed by atoms with Gasteiger partial charge in [0.25, 0.3) is 0 Å². The van der Waals surface area contributed by atoms with E-state index in [-0.39, 0.29) is 11.8 Å². The first kappa shape index (κ1) is 17.5. The van der Waals surface area contributed by atoms with Crippen LogP contribution >= 0.6 is 0 Å². The van der Waals surface area contributed by atoms with Gasteiger partial charge in [0, 0.05) is 29.9 Å². The summed E-state index contributed by atoms with van der Waals surface area (Å²) in [5.74, 6) is 0.936. The first-order valence-corrected chi connectivity index (χ1v) is 9.43. The minimum atomic E-state index is 0.0465. The molecule has 3 heterocycles. The molecule has 0 bridgehead atoms. The van der Waals surface area contributed by atoms with Crippen molar-refractivity contribution in [2.45, 2.75) is 52.6 Å². The van der Waals surface area contributed by atoms with Gasteiger partial charge in [0.05, 0.1) is 12.2 Å². The van der Waals surface area contributed by atoms with Crippen LogP contribution in [0.1, 0.15) is 47.0 Å². The Morgan fingerprint density at radius 2 is 1.89 bits per heavy atom. The summed E-state index contributed by atoms with van der Waals surface area (Å²) in [5, 5.41) is 12.2. The smallest absolute Gasteiger partial charge is 0.226 e. The average Bonchev–Trinajstić information content (AvgIpc) is 3.12. The monoisotopic (exact) mass is 363 g/mol. The zero-order valence-corrected chi connectivity index (χ0v) is 16.1. The topological polar surface area (TPSA) is 64.7 Å². The van der Waals surface area contributed by atoms with E-state index in [1.807, 2.05) is 34.5 Å². The van der Waals surface area contributed by atoms with Gasteiger partial charge < -0.3 is 5.32 Å². The maximum Gasteiger partial charge on any atom is 0.226 e. The number of fused-ring (bicyclic) bond motifs is 1. The summed E-state index contributed by atoms with van der Waals surface area (Å²) in [7, 11) is 0. The molecule has 140 valence electrons. The molecule has 1 N–H and O–H groups in total. The lowest BCUT2D eigenvalue weighted by Crippen LogP contribution is -2.23. The molecule has 0 spiro atoms. The molecule has 1 atom stereocenters. The van der Waals surface area contributed by atoms with Crippen LogP contribution < -0.4 is 5.32 Å². The zero-order chi connectivity index (χ0) is 19.0. The molecule has 6 nitrogen and oxygen atoms in total. The van der Waals surface area contributed by atoms with E-state index >= 15 is 0 Å². The highest BCUT2D eigenvalue weighted by Gasteiger charge is 2.30. The normalized spacial score (nSPS) is 16.3. The summed E-state index contributed by atoms with van der Waals surface area (Å²) in [6.07, 6.45) is 1.38. The number of benzene rings is 1. The zero-order valence-electron chi connectivity index (χ0n) is 16.1. The molecule has 3 aromatic rings. The Morgan fingerprint density at radius 3 is 2.59 bits per heavy atom. The van der Waals surface area contributed by atoms with Gasteiger partial charge in [0.1, 0.15) is 0 Å². The number of carbonyl (C=O) groups excluding carboxylic acids is 1. The van der Waals surface area contributed by atoms with Crippen molar-refractivity contribution in [2.75, 3.05) is 5.32 Å². The SMILES string of the molecule is Cc1cc(C)n(CC[C@H]2CC(=O)Nc3nn(Cc4ccccc4)c(C)c32)n1. The van der Waals surface area contributed by atoms with Crippen LogP contribution in [-0.2, 0) is 17.9 Å². The molecule has 0 unspecified atom stereocenters. The van der Waals surface area contributed by atoms with Gasteiger partial charge in [0.15, 0.2) is 5.82 Å². The van der Waals surface area contributed by atoms with Crippen LogP contribution in [0.4, 0.5) is 5.82 Å². The molecule has 2 aromatic heterocycles. The first-order valence-electron chi connectivity index (χ1n) is 9.43. The van der Waals surface area contributed by atoms with Crippen LogP contribution in [0.15, 0.2) is 36.4 Å². The van der Waals surface area contributed by atoms with Gasteiger partial charge in [0.2, 0.25) is 5.91 Å². The number of rotatable bonds is 5. The summed E-state index contributed by atoms with van der Waals surface area (Å²) < 4.78 is 4.03. The number of anilines is 1. The van der Waals surface area contributed by atoms with Gasteiger partial charge in [-0.25, -0.2) is 0 Å². The third kappa shape index (κ3) is 3.52. The molecule has 1 aliphatic rings. The lowest BCUT2D eigenvalue weighted by molar-refractivity contribution is -0.116. The summed E-state index contributed by atoms with van der Waals surface area (Å²) in [6.45, 7) is 7.69. The van der Waals surface area contributed by atoms with Crippen molar-refractivity contribution in [1.82, 2.24) is 19.6 Å². The van der Waals surface area contributed by atoms with Crippen molar-refractivity contribution in [3.05, 3.63) is 64.6 Å². The third-order valence-corrected chi connectivity index (χ3v) is 5.32. The standard InChI is InChI=1S/C21H25N5O/c1-14-11-15(2)25(23-14)10-9-18-12-19(27)22-21-20(18)16(3)26(24-21)13-17-7-5-4-6-8-17/h4-8,11,18H,9-10,12-13H2,1-3H3,(H,22,24,27)/t18-/m0/s1. The number of amides is 1. The Kier molecular flexibility index (Phi) is 4.56. The number of nitrogens with zero attached hydrogens (tertiary/aromatic N) is 4. The molecule has 1 aromatic carbocycles. The third-order valence-electron chi connectivity index (χ3n) is 5.32. The molecule has 4 rings (SSSR count). The van der Waals surface area contributed by atoms with Gasteiger partial charge in [-0.05, 0) is 44.7 Å². The Bertz CT molecular complexity index is 970. The predicted octanol–water partition coefficient (Wildman–Crippen LogP) is 3.57. The van der Waals surface area contributed by atoms with Crippen molar-refractivity contribution < 1.29 is 4.79 Å². The molecule has 0 saturated carbocycles. The number of hydrogen-bond acceptors (Lipinski definition) is 3. The Labute approximate surface area is 159 Å². The summed E-state index contributed by atoms with van der Waals surface area (Å²) in [5.41, 5.74) is 5.69. The minimum Gasteiger partial charge on any atom is -0.309 e. The van der Waals surface area contributed by atoms with E-state index in [4.69, 9.17) is 0 Å². The van der Waals surface area contributed by atoms with Crippen LogP contribution in [0.2, 0.25) is 0 Å². The second-order valence-electron chi connectivity index (χ2n) is 7.38. The van der Waals surface area contributed by atoms with Crippen molar-refractivity contribution in [3.63, 3.8) is 0 Å². The number of aryl methyl sites for hydroxylation is 3. The molecule has 27 heavy (non-hydrogen) atoms. The number of carbonyl (C=O) groups is 1. The van der Waals surface area contributed by atoms with Gasteiger partial charge in [-0.15, -0.1) is 0 Å². The van der Waals surface area contributed by atoms with E-state index < -0.39 is 0 Å². The van der Waals surface area contributed by atoms with Crippen molar-refractivity contribution in [3.8, 4) is 0 Å². The second kappa shape index (κ2) is 7.02. The highest BCUT2D eigenvalue weighted by molar-refractivity contribution is 5.93. The Morgan fingerprint density at radius 1 is 1.11 bits per heavy atom. The fraction of sp³-hybridized carbons (Fsp3) is 0.381. The number of aromatic nitrogens is 4. The van der Waals surface area contributed by atoms with Gasteiger partial charge in [-0.2, -0.15) is 10.2 Å². The van der Waals surface area contributed by atoms with Crippen LogP contribution in [0.5, 0.6) is 0 Å². The quantitative estimate of drug-likeness (QED) is 0.754. The fourth-order valence-electron chi connectivity index (χ4n) is 3.99. The lowest BCUT2D eigenvalue weighted by Gasteiger charge is -2.22. The second-order valence-corrected chi connectivity index (χ2v) is 7.38. The van der Waals surface area contributed by atoms with Crippen LogP contribution in [0.3, 0.4) is 0 Å². The number of nitrogens with one attached hydrogen (secondary N) is 1. The highest BCUT2D eigenvalue weighted by Crippen LogP contribution is 2.37. The fourth-order valence-corrected chi connectivity index (χ4v) is 3.99. The molecular weight excluding hydrogens is 338 g/mol. The molecule has 1 amide bonds. The molecule has 0 fully saturated rings. The Hall–Kier alpha value is -2.89.